The Balaban J connectivity index is 1.81. The van der Waals surface area contributed by atoms with Gasteiger partial charge in [-0.2, -0.15) is 0 Å². The third kappa shape index (κ3) is 6.45. The van der Waals surface area contributed by atoms with Crippen LogP contribution in [0.5, 0.6) is 5.75 Å². The molecule has 1 aliphatic carbocycles. The Bertz CT molecular complexity index is 1320. The van der Waals surface area contributed by atoms with Gasteiger partial charge in [-0.25, -0.2) is 0 Å². The van der Waals surface area contributed by atoms with E-state index in [9.17, 15) is 9.18 Å². The van der Waals surface area contributed by atoms with Crippen molar-refractivity contribution in [3.8, 4) is 5.75 Å². The summed E-state index contributed by atoms with van der Waals surface area (Å²) in [4.78, 5) is 11.5. The lowest BCUT2D eigenvalue weighted by Gasteiger charge is -2.19. The number of carbonyl (C=O) groups excluding carboxylic acids is 1. The Hall–Kier alpha value is -3.17. The van der Waals surface area contributed by atoms with Crippen LogP contribution in [0.25, 0.3) is 17.2 Å². The number of fused-ring (bicyclic) bond motifs is 1. The molecule has 0 atom stereocenters. The van der Waals surface area contributed by atoms with Crippen LogP contribution in [0.2, 0.25) is 5.02 Å². The highest BCUT2D eigenvalue weighted by atomic mass is 35.5. The van der Waals surface area contributed by atoms with Crippen LogP contribution < -0.4 is 4.74 Å². The van der Waals surface area contributed by atoms with Gasteiger partial charge in [-0.15, -0.1) is 0 Å². The molecular formula is C34H36ClFO2. The molecule has 4 heteroatoms. The van der Waals surface area contributed by atoms with Gasteiger partial charge in [-0.1, -0.05) is 85.1 Å². The zero-order valence-corrected chi connectivity index (χ0v) is 23.1. The van der Waals surface area contributed by atoms with Crippen molar-refractivity contribution in [2.45, 2.75) is 58.3 Å². The molecule has 0 fully saturated rings. The predicted molar refractivity (Wildman–Crippen MR) is 158 cm³/mol. The third-order valence-electron chi connectivity index (χ3n) is 7.36. The maximum atomic E-state index is 12.4. The van der Waals surface area contributed by atoms with E-state index >= 15 is 0 Å². The topological polar surface area (TPSA) is 26.3 Å². The van der Waals surface area contributed by atoms with Gasteiger partial charge in [0.15, 0.2) is 0 Å². The number of rotatable bonds is 11. The Morgan fingerprint density at radius 3 is 2.47 bits per heavy atom. The highest BCUT2D eigenvalue weighted by Gasteiger charge is 2.23. The summed E-state index contributed by atoms with van der Waals surface area (Å²) >= 11 is 6.55. The van der Waals surface area contributed by atoms with Crippen molar-refractivity contribution in [2.75, 3.05) is 13.8 Å². The first-order chi connectivity index (χ1) is 18.6. The SMILES string of the molecule is CC/C(=C/c1ccc(C2=C(c3cccc(Cl)c3OC)CCCc3cc(C=O)ccc32)cc1)CCCCCF. The summed E-state index contributed by atoms with van der Waals surface area (Å²) in [5.41, 5.74) is 10.1. The fourth-order valence-electron chi connectivity index (χ4n) is 5.39. The first-order valence-electron chi connectivity index (χ1n) is 13.6. The number of allylic oxidation sites excluding steroid dienone is 2. The van der Waals surface area contributed by atoms with Gasteiger partial charge in [0.25, 0.3) is 0 Å². The van der Waals surface area contributed by atoms with Gasteiger partial charge in [0.1, 0.15) is 12.0 Å². The molecule has 198 valence electrons. The predicted octanol–water partition coefficient (Wildman–Crippen LogP) is 9.78. The Morgan fingerprint density at radius 2 is 1.76 bits per heavy atom. The number of alkyl halides is 1. The van der Waals surface area contributed by atoms with Crippen LogP contribution >= 0.6 is 11.6 Å². The second-order valence-corrected chi connectivity index (χ2v) is 10.2. The zero-order valence-electron chi connectivity index (χ0n) is 22.4. The summed E-state index contributed by atoms with van der Waals surface area (Å²) in [5, 5.41) is 0.594. The molecule has 38 heavy (non-hydrogen) atoms. The van der Waals surface area contributed by atoms with E-state index < -0.39 is 0 Å². The van der Waals surface area contributed by atoms with Gasteiger partial charge in [0.2, 0.25) is 0 Å². The minimum absolute atomic E-state index is 0.231. The first kappa shape index (κ1) is 27.9. The Kier molecular flexibility index (Phi) is 9.95. The maximum Gasteiger partial charge on any atom is 0.150 e. The van der Waals surface area contributed by atoms with Gasteiger partial charge in [-0.05, 0) is 90.5 Å². The number of ether oxygens (including phenoxy) is 1. The number of halogens is 2. The molecule has 2 nitrogen and oxygen atoms in total. The minimum Gasteiger partial charge on any atom is -0.495 e. The van der Waals surface area contributed by atoms with Crippen LogP contribution in [0, 0.1) is 0 Å². The summed E-state index contributed by atoms with van der Waals surface area (Å²) in [6.07, 6.45) is 10.5. The fraction of sp³-hybridized carbons (Fsp3) is 0.324. The number of hydrogen-bond donors (Lipinski definition) is 0. The van der Waals surface area contributed by atoms with Crippen LogP contribution in [-0.4, -0.2) is 20.1 Å². The average molecular weight is 531 g/mol. The van der Waals surface area contributed by atoms with Crippen molar-refractivity contribution in [1.29, 1.82) is 0 Å². The number of aldehydes is 1. The largest absolute Gasteiger partial charge is 0.495 e. The molecule has 0 heterocycles. The van der Waals surface area contributed by atoms with Crippen molar-refractivity contribution in [3.05, 3.63) is 105 Å². The Morgan fingerprint density at radius 1 is 0.974 bits per heavy atom. The van der Waals surface area contributed by atoms with E-state index in [1.807, 2.05) is 24.3 Å². The minimum atomic E-state index is -0.231. The molecule has 0 spiro atoms. The third-order valence-corrected chi connectivity index (χ3v) is 7.66. The van der Waals surface area contributed by atoms with E-state index in [-0.39, 0.29) is 6.67 Å². The van der Waals surface area contributed by atoms with Crippen molar-refractivity contribution in [1.82, 2.24) is 0 Å². The second kappa shape index (κ2) is 13.6. The number of methoxy groups -OCH3 is 1. The van der Waals surface area contributed by atoms with E-state index in [0.29, 0.717) is 22.8 Å². The molecule has 0 unspecified atom stereocenters. The Labute approximate surface area is 231 Å². The molecule has 0 aliphatic heterocycles. The summed E-state index contributed by atoms with van der Waals surface area (Å²) in [6, 6.07) is 20.7. The van der Waals surface area contributed by atoms with Gasteiger partial charge >= 0.3 is 0 Å². The van der Waals surface area contributed by atoms with Crippen molar-refractivity contribution >= 4 is 35.1 Å². The summed E-state index contributed by atoms with van der Waals surface area (Å²) < 4.78 is 18.2. The standard InChI is InChI=1S/C34H36ClFO2/c1-3-24(9-5-4-6-20-36)21-25-14-17-27(18-15-25)33-29-19-16-26(23-37)22-28(29)10-7-11-30(33)31-12-8-13-32(35)34(31)38-2/h8,12-19,21-23H,3-7,9-11,20H2,1-2H3/b24-21-. The number of aryl methyl sites for hydroxylation is 1. The van der Waals surface area contributed by atoms with E-state index in [1.165, 1.54) is 22.3 Å². The van der Waals surface area contributed by atoms with E-state index in [1.54, 1.807) is 7.11 Å². The van der Waals surface area contributed by atoms with Gasteiger partial charge in [0.05, 0.1) is 18.8 Å². The number of carbonyl (C=O) groups is 1. The smallest absolute Gasteiger partial charge is 0.150 e. The molecular weight excluding hydrogens is 495 g/mol. The van der Waals surface area contributed by atoms with Crippen LogP contribution in [0.1, 0.15) is 90.0 Å². The van der Waals surface area contributed by atoms with E-state index in [4.69, 9.17) is 16.3 Å². The van der Waals surface area contributed by atoms with Gasteiger partial charge < -0.3 is 4.74 Å². The van der Waals surface area contributed by atoms with E-state index in [0.717, 1.165) is 73.5 Å². The fourth-order valence-corrected chi connectivity index (χ4v) is 5.64. The molecule has 3 aromatic rings. The molecule has 0 amide bonds. The normalized spacial score (nSPS) is 13.7. The van der Waals surface area contributed by atoms with E-state index in [2.05, 4.69) is 49.4 Å². The number of benzene rings is 3. The maximum absolute atomic E-state index is 12.4. The second-order valence-electron chi connectivity index (χ2n) is 9.84. The molecule has 0 bridgehead atoms. The number of hydrogen-bond acceptors (Lipinski definition) is 2. The molecule has 1 aliphatic rings. The zero-order chi connectivity index (χ0) is 26.9. The van der Waals surface area contributed by atoms with Gasteiger partial charge in [-0.3, -0.25) is 9.18 Å². The monoisotopic (exact) mass is 530 g/mol. The van der Waals surface area contributed by atoms with Gasteiger partial charge in [0, 0.05) is 11.1 Å². The average Bonchev–Trinajstić information content (AvgIpc) is 3.14. The summed E-state index contributed by atoms with van der Waals surface area (Å²) in [5.74, 6) is 0.689. The van der Waals surface area contributed by atoms with Crippen LogP contribution in [-0.2, 0) is 6.42 Å². The van der Waals surface area contributed by atoms with Crippen molar-refractivity contribution in [3.63, 3.8) is 0 Å². The number of unbranched alkanes of at least 4 members (excludes halogenated alkanes) is 2. The summed E-state index contributed by atoms with van der Waals surface area (Å²) in [6.45, 7) is 1.95. The summed E-state index contributed by atoms with van der Waals surface area (Å²) in [7, 11) is 1.66. The van der Waals surface area contributed by atoms with Crippen LogP contribution in [0.3, 0.4) is 0 Å². The molecule has 3 aromatic carbocycles. The number of para-hydroxylation sites is 1. The van der Waals surface area contributed by atoms with Crippen LogP contribution in [0.4, 0.5) is 4.39 Å². The molecule has 0 saturated carbocycles. The lowest BCUT2D eigenvalue weighted by atomic mass is 9.86. The lowest BCUT2D eigenvalue weighted by Crippen LogP contribution is -1.99. The molecule has 0 radical (unpaired) electrons. The van der Waals surface area contributed by atoms with Crippen molar-refractivity contribution in [2.24, 2.45) is 0 Å². The first-order valence-corrected chi connectivity index (χ1v) is 14.0. The van der Waals surface area contributed by atoms with Crippen LogP contribution in [0.15, 0.2) is 66.2 Å². The highest BCUT2D eigenvalue weighted by Crippen LogP contribution is 2.44. The molecule has 4 rings (SSSR count). The van der Waals surface area contributed by atoms with Crippen molar-refractivity contribution < 1.29 is 13.9 Å². The lowest BCUT2D eigenvalue weighted by molar-refractivity contribution is 0.112. The molecule has 0 saturated heterocycles. The molecule has 0 N–H and O–H groups in total. The quantitative estimate of drug-likeness (QED) is 0.182. The molecule has 0 aromatic heterocycles. The highest BCUT2D eigenvalue weighted by molar-refractivity contribution is 6.32.